The van der Waals surface area contributed by atoms with Crippen molar-refractivity contribution >= 4 is 0 Å². The highest BCUT2D eigenvalue weighted by atomic mass is 15.1. The lowest BCUT2D eigenvalue weighted by Crippen LogP contribution is -2.30. The van der Waals surface area contributed by atoms with E-state index in [4.69, 9.17) is 0 Å². The van der Waals surface area contributed by atoms with Crippen LogP contribution in [0.2, 0.25) is 0 Å². The number of likely N-dealkylation sites (N-methyl/N-ethyl adjacent to an activating group) is 1. The lowest BCUT2D eigenvalue weighted by Gasteiger charge is -2.23. The van der Waals surface area contributed by atoms with E-state index in [2.05, 4.69) is 38.8 Å². The van der Waals surface area contributed by atoms with Gasteiger partial charge in [0.2, 0.25) is 0 Å². The van der Waals surface area contributed by atoms with E-state index in [1.54, 1.807) is 12.4 Å². The highest BCUT2D eigenvalue weighted by Gasteiger charge is 2.12. The number of H-pyrrole nitrogens is 1. The van der Waals surface area contributed by atoms with Gasteiger partial charge in [-0.05, 0) is 20.9 Å². The van der Waals surface area contributed by atoms with Crippen molar-refractivity contribution in [2.75, 3.05) is 7.05 Å². The fraction of sp³-hybridized carbons (Fsp3) is 0.462. The molecule has 0 aliphatic carbocycles. The third-order valence-electron chi connectivity index (χ3n) is 3.05. The first kappa shape index (κ1) is 12.7. The van der Waals surface area contributed by atoms with Crippen LogP contribution in [-0.2, 0) is 13.0 Å². The van der Waals surface area contributed by atoms with Gasteiger partial charge in [-0.25, -0.2) is 4.98 Å². The molecule has 1 N–H and O–H groups in total. The predicted octanol–water partition coefficient (Wildman–Crippen LogP) is 1.57. The molecule has 1 unspecified atom stereocenters. The van der Waals surface area contributed by atoms with Crippen LogP contribution in [0.4, 0.5) is 0 Å². The van der Waals surface area contributed by atoms with E-state index in [-0.39, 0.29) is 0 Å². The molecule has 0 radical (unpaired) electrons. The summed E-state index contributed by atoms with van der Waals surface area (Å²) >= 11 is 0. The zero-order chi connectivity index (χ0) is 13.0. The Balaban J connectivity index is 1.90. The lowest BCUT2D eigenvalue weighted by molar-refractivity contribution is 0.244. The number of imidazole rings is 1. The van der Waals surface area contributed by atoms with Gasteiger partial charge in [0, 0.05) is 49.5 Å². The number of hydrogen-bond donors (Lipinski definition) is 1. The van der Waals surface area contributed by atoms with Crippen LogP contribution in [0.25, 0.3) is 0 Å². The SMILES string of the molecule is Cc1ncc(CN(C)C(C)Cc2cnccn2)[nH]1. The summed E-state index contributed by atoms with van der Waals surface area (Å²) in [6.07, 6.45) is 8.05. The number of nitrogens with zero attached hydrogens (tertiary/aromatic N) is 4. The summed E-state index contributed by atoms with van der Waals surface area (Å²) in [5, 5.41) is 0. The summed E-state index contributed by atoms with van der Waals surface area (Å²) in [4.78, 5) is 18.1. The fourth-order valence-electron chi connectivity index (χ4n) is 1.87. The van der Waals surface area contributed by atoms with Crippen LogP contribution in [0.5, 0.6) is 0 Å². The standard InChI is InChI=1S/C13H19N5/c1-10(6-12-7-14-4-5-15-12)18(3)9-13-8-16-11(2)17-13/h4-5,7-8,10H,6,9H2,1-3H3,(H,16,17). The minimum atomic E-state index is 0.408. The number of aromatic nitrogens is 4. The molecule has 2 aromatic rings. The third-order valence-corrected chi connectivity index (χ3v) is 3.05. The summed E-state index contributed by atoms with van der Waals surface area (Å²) in [7, 11) is 2.11. The van der Waals surface area contributed by atoms with Crippen LogP contribution in [0.3, 0.4) is 0 Å². The largest absolute Gasteiger partial charge is 0.345 e. The van der Waals surface area contributed by atoms with Crippen molar-refractivity contribution < 1.29 is 0 Å². The van der Waals surface area contributed by atoms with Crippen molar-refractivity contribution in [1.29, 1.82) is 0 Å². The van der Waals surface area contributed by atoms with Crippen LogP contribution < -0.4 is 0 Å². The molecule has 0 bridgehead atoms. The first-order valence-corrected chi connectivity index (χ1v) is 6.11. The normalized spacial score (nSPS) is 12.9. The summed E-state index contributed by atoms with van der Waals surface area (Å²) in [6, 6.07) is 0.408. The minimum Gasteiger partial charge on any atom is -0.345 e. The number of nitrogens with one attached hydrogen (secondary N) is 1. The van der Waals surface area contributed by atoms with E-state index in [1.165, 1.54) is 0 Å². The zero-order valence-electron chi connectivity index (χ0n) is 11.1. The fourth-order valence-corrected chi connectivity index (χ4v) is 1.87. The average Bonchev–Trinajstić information content (AvgIpc) is 2.76. The van der Waals surface area contributed by atoms with Crippen molar-refractivity contribution in [2.45, 2.75) is 32.9 Å². The monoisotopic (exact) mass is 245 g/mol. The van der Waals surface area contributed by atoms with Gasteiger partial charge in [0.1, 0.15) is 5.82 Å². The third kappa shape index (κ3) is 3.37. The van der Waals surface area contributed by atoms with E-state index in [0.717, 1.165) is 30.2 Å². The van der Waals surface area contributed by atoms with E-state index >= 15 is 0 Å². The summed E-state index contributed by atoms with van der Waals surface area (Å²) in [5.74, 6) is 0.958. The molecule has 0 saturated heterocycles. The van der Waals surface area contributed by atoms with Gasteiger partial charge >= 0.3 is 0 Å². The van der Waals surface area contributed by atoms with E-state index in [1.807, 2.05) is 19.3 Å². The maximum Gasteiger partial charge on any atom is 0.103 e. The molecule has 0 spiro atoms. The molecule has 0 aliphatic rings. The quantitative estimate of drug-likeness (QED) is 0.868. The molecule has 18 heavy (non-hydrogen) atoms. The number of aromatic amines is 1. The van der Waals surface area contributed by atoms with Crippen LogP contribution in [0.1, 0.15) is 24.1 Å². The van der Waals surface area contributed by atoms with Gasteiger partial charge in [0.25, 0.3) is 0 Å². The van der Waals surface area contributed by atoms with Crippen molar-refractivity contribution in [1.82, 2.24) is 24.8 Å². The molecular weight excluding hydrogens is 226 g/mol. The Bertz CT molecular complexity index is 479. The molecule has 0 saturated carbocycles. The van der Waals surface area contributed by atoms with Crippen LogP contribution in [-0.4, -0.2) is 37.9 Å². The second kappa shape index (κ2) is 5.73. The molecule has 2 aromatic heterocycles. The topological polar surface area (TPSA) is 57.7 Å². The first-order chi connectivity index (χ1) is 8.65. The van der Waals surface area contributed by atoms with E-state index < -0.39 is 0 Å². The van der Waals surface area contributed by atoms with Crippen LogP contribution in [0, 0.1) is 6.92 Å². The molecule has 1 atom stereocenters. The van der Waals surface area contributed by atoms with Gasteiger partial charge in [-0.2, -0.15) is 0 Å². The highest BCUT2D eigenvalue weighted by Crippen LogP contribution is 2.08. The molecule has 5 heteroatoms. The number of rotatable bonds is 5. The molecule has 2 heterocycles. The van der Waals surface area contributed by atoms with Gasteiger partial charge in [-0.3, -0.25) is 14.9 Å². The zero-order valence-corrected chi connectivity index (χ0v) is 11.1. The second-order valence-electron chi connectivity index (χ2n) is 4.66. The lowest BCUT2D eigenvalue weighted by atomic mass is 10.1. The van der Waals surface area contributed by atoms with E-state index in [0.29, 0.717) is 6.04 Å². The molecule has 0 aromatic carbocycles. The smallest absolute Gasteiger partial charge is 0.103 e. The Morgan fingerprint density at radius 2 is 2.11 bits per heavy atom. The molecule has 5 nitrogen and oxygen atoms in total. The molecule has 0 fully saturated rings. The van der Waals surface area contributed by atoms with Gasteiger partial charge in [-0.15, -0.1) is 0 Å². The second-order valence-corrected chi connectivity index (χ2v) is 4.66. The van der Waals surface area contributed by atoms with E-state index in [9.17, 15) is 0 Å². The molecule has 0 amide bonds. The number of aryl methyl sites for hydroxylation is 1. The van der Waals surface area contributed by atoms with Crippen molar-refractivity contribution in [3.63, 3.8) is 0 Å². The molecule has 96 valence electrons. The number of hydrogen-bond acceptors (Lipinski definition) is 4. The predicted molar refractivity (Wildman–Crippen MR) is 70.0 cm³/mol. The summed E-state index contributed by atoms with van der Waals surface area (Å²) in [5.41, 5.74) is 2.17. The van der Waals surface area contributed by atoms with Gasteiger partial charge in [-0.1, -0.05) is 0 Å². The molecular formula is C13H19N5. The van der Waals surface area contributed by atoms with Gasteiger partial charge in [0.15, 0.2) is 0 Å². The minimum absolute atomic E-state index is 0.408. The van der Waals surface area contributed by atoms with Crippen LogP contribution in [0.15, 0.2) is 24.8 Å². The summed E-state index contributed by atoms with van der Waals surface area (Å²) < 4.78 is 0. The summed E-state index contributed by atoms with van der Waals surface area (Å²) in [6.45, 7) is 5.02. The Hall–Kier alpha value is -1.75. The molecule has 0 aliphatic heterocycles. The Morgan fingerprint density at radius 3 is 2.72 bits per heavy atom. The Morgan fingerprint density at radius 1 is 1.28 bits per heavy atom. The van der Waals surface area contributed by atoms with Gasteiger partial charge in [0.05, 0.1) is 5.69 Å². The van der Waals surface area contributed by atoms with Crippen molar-refractivity contribution in [2.24, 2.45) is 0 Å². The van der Waals surface area contributed by atoms with Gasteiger partial charge < -0.3 is 4.98 Å². The maximum atomic E-state index is 4.30. The Labute approximate surface area is 107 Å². The Kier molecular flexibility index (Phi) is 4.04. The van der Waals surface area contributed by atoms with Crippen LogP contribution >= 0.6 is 0 Å². The highest BCUT2D eigenvalue weighted by molar-refractivity contribution is 5.01. The average molecular weight is 245 g/mol. The van der Waals surface area contributed by atoms with Crippen molar-refractivity contribution in [3.8, 4) is 0 Å². The first-order valence-electron chi connectivity index (χ1n) is 6.11. The van der Waals surface area contributed by atoms with Crippen molar-refractivity contribution in [3.05, 3.63) is 42.0 Å². The molecule has 2 rings (SSSR count). The maximum absolute atomic E-state index is 4.30.